The van der Waals surface area contributed by atoms with Crippen LogP contribution in [0.2, 0.25) is 54.4 Å². The number of rotatable bonds is 10. The molecule has 1 aliphatic heterocycles. The van der Waals surface area contributed by atoms with Crippen molar-refractivity contribution in [1.29, 1.82) is 0 Å². The van der Waals surface area contributed by atoms with E-state index in [9.17, 15) is 9.59 Å². The van der Waals surface area contributed by atoms with E-state index in [0.29, 0.717) is 11.3 Å². The summed E-state index contributed by atoms with van der Waals surface area (Å²) >= 11 is 3.62. The van der Waals surface area contributed by atoms with Crippen LogP contribution in [0.3, 0.4) is 0 Å². The molecule has 11 nitrogen and oxygen atoms in total. The maximum absolute atomic E-state index is 13.3. The molecule has 0 bridgehead atoms. The Labute approximate surface area is 293 Å². The molecule has 3 rings (SSSR count). The standard InChI is InChI=1S/C32H60BrN5O6Si3/c1-19(2)25(39)36-29-35-24-21(26(40)37-29)34-28(33)38(24)27-23(44-47(16,17)32(9,10)11)22(43-46(14,15)31(6,7)8)20(42-27)18-41-45(12,13)30(3,4)5/h19-20,22-23,27H,18H2,1-17H3,(H2,35,36,37,39,40)/t20-,22-,23-,27-/m1/s1. The molecule has 0 unspecified atom stereocenters. The van der Waals surface area contributed by atoms with Gasteiger partial charge in [-0.3, -0.25) is 24.5 Å². The van der Waals surface area contributed by atoms with Gasteiger partial charge in [-0.15, -0.1) is 0 Å². The van der Waals surface area contributed by atoms with Crippen LogP contribution < -0.4 is 10.9 Å². The summed E-state index contributed by atoms with van der Waals surface area (Å²) in [6.07, 6.45) is -2.26. The molecule has 268 valence electrons. The van der Waals surface area contributed by atoms with Crippen LogP contribution in [0.25, 0.3) is 11.2 Å². The third-order valence-corrected chi connectivity index (χ3v) is 24.7. The summed E-state index contributed by atoms with van der Waals surface area (Å²) in [7, 11) is -6.94. The fourth-order valence-electron chi connectivity index (χ4n) is 4.36. The van der Waals surface area contributed by atoms with E-state index in [2.05, 4.69) is 138 Å². The zero-order chi connectivity index (χ0) is 36.3. The third kappa shape index (κ3) is 8.58. The molecule has 3 heterocycles. The third-order valence-electron chi connectivity index (χ3n) is 10.7. The summed E-state index contributed by atoms with van der Waals surface area (Å²) in [4.78, 5) is 37.7. The number of anilines is 1. The van der Waals surface area contributed by atoms with Crippen LogP contribution in [0.15, 0.2) is 9.53 Å². The van der Waals surface area contributed by atoms with Crippen LogP contribution in [0, 0.1) is 5.92 Å². The van der Waals surface area contributed by atoms with Gasteiger partial charge in [0.1, 0.15) is 18.3 Å². The second-order valence-electron chi connectivity index (χ2n) is 17.8. The normalized spacial score (nSPS) is 22.0. The molecular weight excluding hydrogens is 715 g/mol. The minimum absolute atomic E-state index is 0.00315. The number of halogens is 1. The fourth-order valence-corrected chi connectivity index (χ4v) is 8.53. The van der Waals surface area contributed by atoms with Crippen LogP contribution in [-0.2, 0) is 22.8 Å². The van der Waals surface area contributed by atoms with E-state index in [1.54, 1.807) is 18.4 Å². The summed E-state index contributed by atoms with van der Waals surface area (Å²) in [5, 5.41) is 2.55. The molecule has 2 aromatic rings. The summed E-state index contributed by atoms with van der Waals surface area (Å²) in [5.74, 6) is -0.524. The van der Waals surface area contributed by atoms with E-state index in [4.69, 9.17) is 18.0 Å². The van der Waals surface area contributed by atoms with Gasteiger partial charge < -0.3 is 18.0 Å². The smallest absolute Gasteiger partial charge is 0.280 e. The van der Waals surface area contributed by atoms with Crippen molar-refractivity contribution < 1.29 is 22.8 Å². The maximum Gasteiger partial charge on any atom is 0.280 e. The van der Waals surface area contributed by atoms with Gasteiger partial charge in [-0.1, -0.05) is 76.2 Å². The van der Waals surface area contributed by atoms with Crippen LogP contribution in [0.5, 0.6) is 0 Å². The van der Waals surface area contributed by atoms with Gasteiger partial charge in [0, 0.05) is 5.92 Å². The lowest BCUT2D eigenvalue weighted by Crippen LogP contribution is -2.54. The van der Waals surface area contributed by atoms with Gasteiger partial charge >= 0.3 is 0 Å². The molecule has 0 aromatic carbocycles. The Balaban J connectivity index is 2.27. The second-order valence-corrected chi connectivity index (χ2v) is 32.8. The first kappa shape index (κ1) is 40.2. The molecule has 1 amide bonds. The van der Waals surface area contributed by atoms with E-state index in [-0.39, 0.29) is 44.1 Å². The van der Waals surface area contributed by atoms with Crippen LogP contribution in [0.4, 0.5) is 5.95 Å². The molecule has 1 fully saturated rings. The number of carbonyl (C=O) groups excluding carboxylic acids is 1. The Hall–Kier alpha value is -1.21. The van der Waals surface area contributed by atoms with Gasteiger partial charge in [-0.05, 0) is 70.3 Å². The molecule has 2 N–H and O–H groups in total. The molecular formula is C32H60BrN5O6Si3. The topological polar surface area (TPSA) is 130 Å². The number of imidazole rings is 1. The minimum atomic E-state index is -2.42. The summed E-state index contributed by atoms with van der Waals surface area (Å²) in [5.41, 5.74) is -0.0808. The van der Waals surface area contributed by atoms with Crippen molar-refractivity contribution in [2.24, 2.45) is 5.92 Å². The predicted molar refractivity (Wildman–Crippen MR) is 201 cm³/mol. The lowest BCUT2D eigenvalue weighted by atomic mass is 10.1. The number of carbonyl (C=O) groups is 1. The highest BCUT2D eigenvalue weighted by molar-refractivity contribution is 9.10. The van der Waals surface area contributed by atoms with Gasteiger partial charge in [0.15, 0.2) is 47.1 Å². The number of H-pyrrole nitrogens is 1. The van der Waals surface area contributed by atoms with Crippen molar-refractivity contribution >= 4 is 63.9 Å². The molecule has 47 heavy (non-hydrogen) atoms. The molecule has 0 spiro atoms. The molecule has 4 atom stereocenters. The van der Waals surface area contributed by atoms with Gasteiger partial charge in [0.25, 0.3) is 5.56 Å². The van der Waals surface area contributed by atoms with Crippen molar-refractivity contribution in [1.82, 2.24) is 19.5 Å². The molecule has 0 radical (unpaired) electrons. The van der Waals surface area contributed by atoms with Gasteiger partial charge in [0.2, 0.25) is 11.9 Å². The fraction of sp³-hybridized carbons (Fsp3) is 0.812. The largest absolute Gasteiger partial charge is 0.414 e. The first-order chi connectivity index (χ1) is 21.0. The monoisotopic (exact) mass is 773 g/mol. The number of aromatic nitrogens is 4. The first-order valence-electron chi connectivity index (χ1n) is 16.6. The van der Waals surface area contributed by atoms with Crippen LogP contribution in [-0.4, -0.2) is 75.3 Å². The summed E-state index contributed by atoms with van der Waals surface area (Å²) in [6.45, 7) is 37.2. The van der Waals surface area contributed by atoms with Crippen LogP contribution >= 0.6 is 15.9 Å². The second kappa shape index (κ2) is 13.5. The molecule has 0 aliphatic carbocycles. The van der Waals surface area contributed by atoms with E-state index in [0.717, 1.165) is 0 Å². The highest BCUT2D eigenvalue weighted by Gasteiger charge is 2.55. The average molecular weight is 775 g/mol. The lowest BCUT2D eigenvalue weighted by molar-refractivity contribution is -0.118. The van der Waals surface area contributed by atoms with E-state index >= 15 is 0 Å². The molecule has 15 heteroatoms. The number of fused-ring (bicyclic) bond motifs is 1. The van der Waals surface area contributed by atoms with E-state index < -0.39 is 55.1 Å². The summed E-state index contributed by atoms with van der Waals surface area (Å²) in [6, 6.07) is 0. The predicted octanol–water partition coefficient (Wildman–Crippen LogP) is 8.18. The Morgan fingerprint density at radius 2 is 1.38 bits per heavy atom. The number of nitrogens with zero attached hydrogens (tertiary/aromatic N) is 3. The number of ether oxygens (including phenoxy) is 1. The van der Waals surface area contributed by atoms with Gasteiger partial charge in [-0.25, -0.2) is 4.98 Å². The van der Waals surface area contributed by atoms with Crippen molar-refractivity contribution in [3.8, 4) is 0 Å². The van der Waals surface area contributed by atoms with E-state index in [1.165, 1.54) is 0 Å². The number of hydrogen-bond donors (Lipinski definition) is 2. The van der Waals surface area contributed by atoms with Gasteiger partial charge in [-0.2, -0.15) is 4.98 Å². The average Bonchev–Trinajstić information content (AvgIpc) is 3.36. The number of aromatic amines is 1. The quantitative estimate of drug-likeness (QED) is 0.183. The Bertz CT molecular complexity index is 1500. The highest BCUT2D eigenvalue weighted by Crippen LogP contribution is 2.47. The maximum atomic E-state index is 13.3. The molecule has 2 aromatic heterocycles. The molecule has 1 saturated heterocycles. The van der Waals surface area contributed by atoms with E-state index in [1.807, 2.05) is 0 Å². The number of amides is 1. The number of hydrogen-bond acceptors (Lipinski definition) is 8. The molecule has 0 saturated carbocycles. The zero-order valence-corrected chi connectivity index (χ0v) is 36.3. The summed E-state index contributed by atoms with van der Waals surface area (Å²) < 4.78 is 30.4. The minimum Gasteiger partial charge on any atom is -0.414 e. The van der Waals surface area contributed by atoms with Crippen molar-refractivity contribution in [3.63, 3.8) is 0 Å². The SMILES string of the molecule is CC(C)C(=O)Nc1nc2c(nc(Br)n2[C@@H]2O[C@H](CO[Si](C)(C)C(C)(C)C)[C@@H](O[Si](C)(C)C(C)(C)C)[C@H]2O[Si](C)(C)C(C)(C)C)c(=O)[nH]1. The van der Waals surface area contributed by atoms with Crippen molar-refractivity contribution in [2.45, 2.75) is 155 Å². The first-order valence-corrected chi connectivity index (χ1v) is 26.2. The Kier molecular flexibility index (Phi) is 11.5. The van der Waals surface area contributed by atoms with Crippen molar-refractivity contribution in [3.05, 3.63) is 15.1 Å². The zero-order valence-electron chi connectivity index (χ0n) is 31.8. The highest BCUT2D eigenvalue weighted by atomic mass is 79.9. The van der Waals surface area contributed by atoms with Gasteiger partial charge in [0.05, 0.1) is 6.61 Å². The number of nitrogens with one attached hydrogen (secondary N) is 2. The van der Waals surface area contributed by atoms with Crippen LogP contribution in [0.1, 0.15) is 82.4 Å². The lowest BCUT2D eigenvalue weighted by Gasteiger charge is -2.44. The Morgan fingerprint density at radius 3 is 1.85 bits per heavy atom. The molecule has 1 aliphatic rings. The Morgan fingerprint density at radius 1 is 0.894 bits per heavy atom. The van der Waals surface area contributed by atoms with Crippen molar-refractivity contribution in [2.75, 3.05) is 11.9 Å².